The number of nitrogens with two attached hydrogens (primary N) is 1. The zero-order valence-electron chi connectivity index (χ0n) is 11.7. The molecule has 0 aromatic heterocycles. The lowest BCUT2D eigenvalue weighted by Gasteiger charge is -2.23. The lowest BCUT2D eigenvalue weighted by Crippen LogP contribution is -2.26. The van der Waals surface area contributed by atoms with E-state index >= 15 is 0 Å². The van der Waals surface area contributed by atoms with Crippen molar-refractivity contribution in [3.05, 3.63) is 18.2 Å². The van der Waals surface area contributed by atoms with E-state index in [0.717, 1.165) is 30.2 Å². The van der Waals surface area contributed by atoms with E-state index in [1.54, 1.807) is 14.2 Å². The Balaban J connectivity index is 2.62. The number of nitrogens with one attached hydrogen (secondary N) is 1. The van der Waals surface area contributed by atoms with Crippen molar-refractivity contribution in [1.29, 1.82) is 0 Å². The molecule has 0 bridgehead atoms. The quantitative estimate of drug-likeness (QED) is 0.783. The van der Waals surface area contributed by atoms with Gasteiger partial charge in [0.2, 0.25) is 0 Å². The average Bonchev–Trinajstić information content (AvgIpc) is 2.38. The summed E-state index contributed by atoms with van der Waals surface area (Å²) in [4.78, 5) is 0. The van der Waals surface area contributed by atoms with E-state index in [1.165, 1.54) is 0 Å². The van der Waals surface area contributed by atoms with Crippen LogP contribution in [0, 0.1) is 5.41 Å². The van der Waals surface area contributed by atoms with Gasteiger partial charge in [-0.1, -0.05) is 13.8 Å². The average molecular weight is 252 g/mol. The van der Waals surface area contributed by atoms with E-state index in [9.17, 15) is 0 Å². The van der Waals surface area contributed by atoms with Gasteiger partial charge in [-0.15, -0.1) is 0 Å². The summed E-state index contributed by atoms with van der Waals surface area (Å²) >= 11 is 0. The largest absolute Gasteiger partial charge is 0.497 e. The summed E-state index contributed by atoms with van der Waals surface area (Å²) in [5.74, 6) is 1.58. The number of anilines is 1. The standard InChI is InChI=1S/C14H24N2O2/c1-14(2,10-15)7-8-16-12-6-5-11(17-3)9-13(12)18-4/h5-6,9,16H,7-8,10,15H2,1-4H3. The van der Waals surface area contributed by atoms with Crippen LogP contribution in [0.25, 0.3) is 0 Å². The Hall–Kier alpha value is -1.42. The van der Waals surface area contributed by atoms with Gasteiger partial charge in [-0.25, -0.2) is 0 Å². The Morgan fingerprint density at radius 2 is 1.94 bits per heavy atom. The Kier molecular flexibility index (Phi) is 5.28. The molecule has 0 unspecified atom stereocenters. The summed E-state index contributed by atoms with van der Waals surface area (Å²) in [5.41, 5.74) is 6.85. The second-order valence-electron chi connectivity index (χ2n) is 5.11. The molecule has 102 valence electrons. The maximum atomic E-state index is 5.71. The normalized spacial score (nSPS) is 11.2. The van der Waals surface area contributed by atoms with Crippen LogP contribution in [0.5, 0.6) is 11.5 Å². The molecule has 0 saturated carbocycles. The Morgan fingerprint density at radius 1 is 1.22 bits per heavy atom. The minimum atomic E-state index is 0.159. The molecule has 0 aliphatic carbocycles. The molecule has 0 aliphatic rings. The lowest BCUT2D eigenvalue weighted by atomic mass is 9.90. The van der Waals surface area contributed by atoms with Crippen molar-refractivity contribution in [3.63, 3.8) is 0 Å². The third-order valence-electron chi connectivity index (χ3n) is 3.08. The van der Waals surface area contributed by atoms with Crippen molar-refractivity contribution in [1.82, 2.24) is 0 Å². The Bertz CT molecular complexity index is 378. The molecule has 0 aliphatic heterocycles. The maximum absolute atomic E-state index is 5.71. The van der Waals surface area contributed by atoms with Gasteiger partial charge in [0.25, 0.3) is 0 Å². The predicted octanol–water partition coefficient (Wildman–Crippen LogP) is 2.49. The summed E-state index contributed by atoms with van der Waals surface area (Å²) in [5, 5.41) is 3.37. The molecule has 1 rings (SSSR count). The molecular weight excluding hydrogens is 228 g/mol. The SMILES string of the molecule is COc1ccc(NCCC(C)(C)CN)c(OC)c1. The van der Waals surface area contributed by atoms with Crippen LogP contribution in [0.15, 0.2) is 18.2 Å². The highest BCUT2D eigenvalue weighted by Crippen LogP contribution is 2.29. The lowest BCUT2D eigenvalue weighted by molar-refractivity contribution is 0.357. The summed E-state index contributed by atoms with van der Waals surface area (Å²) in [6, 6.07) is 5.75. The van der Waals surface area contributed by atoms with Gasteiger partial charge < -0.3 is 20.5 Å². The van der Waals surface area contributed by atoms with Gasteiger partial charge in [0, 0.05) is 12.6 Å². The van der Waals surface area contributed by atoms with E-state index in [-0.39, 0.29) is 5.41 Å². The van der Waals surface area contributed by atoms with E-state index in [1.807, 2.05) is 18.2 Å². The molecule has 0 atom stereocenters. The highest BCUT2D eigenvalue weighted by Gasteiger charge is 2.15. The van der Waals surface area contributed by atoms with Gasteiger partial charge >= 0.3 is 0 Å². The molecule has 1 aromatic rings. The number of methoxy groups -OCH3 is 2. The molecular formula is C14H24N2O2. The van der Waals surface area contributed by atoms with Gasteiger partial charge in [0.1, 0.15) is 11.5 Å². The van der Waals surface area contributed by atoms with Crippen molar-refractivity contribution < 1.29 is 9.47 Å². The molecule has 0 heterocycles. The summed E-state index contributed by atoms with van der Waals surface area (Å²) < 4.78 is 10.5. The smallest absolute Gasteiger partial charge is 0.145 e. The second kappa shape index (κ2) is 6.50. The minimum absolute atomic E-state index is 0.159. The summed E-state index contributed by atoms with van der Waals surface area (Å²) in [6.45, 7) is 5.89. The molecule has 18 heavy (non-hydrogen) atoms. The fourth-order valence-corrected chi connectivity index (χ4v) is 1.58. The van der Waals surface area contributed by atoms with Crippen LogP contribution in [0.1, 0.15) is 20.3 Å². The molecule has 1 aromatic carbocycles. The van der Waals surface area contributed by atoms with Gasteiger partial charge in [0.15, 0.2) is 0 Å². The van der Waals surface area contributed by atoms with E-state index in [0.29, 0.717) is 6.54 Å². The molecule has 0 saturated heterocycles. The third-order valence-corrected chi connectivity index (χ3v) is 3.08. The second-order valence-corrected chi connectivity index (χ2v) is 5.11. The molecule has 3 N–H and O–H groups in total. The van der Waals surface area contributed by atoms with Crippen LogP contribution in [0.2, 0.25) is 0 Å². The number of ether oxygens (including phenoxy) is 2. The number of hydrogen-bond donors (Lipinski definition) is 2. The van der Waals surface area contributed by atoms with Gasteiger partial charge in [-0.05, 0) is 30.5 Å². The van der Waals surface area contributed by atoms with Gasteiger partial charge in [0.05, 0.1) is 19.9 Å². The van der Waals surface area contributed by atoms with Crippen molar-refractivity contribution in [2.75, 3.05) is 32.6 Å². The molecule has 4 heteroatoms. The van der Waals surface area contributed by atoms with Crippen LogP contribution < -0.4 is 20.5 Å². The minimum Gasteiger partial charge on any atom is -0.497 e. The maximum Gasteiger partial charge on any atom is 0.145 e. The van der Waals surface area contributed by atoms with Crippen LogP contribution in [-0.4, -0.2) is 27.3 Å². The fourth-order valence-electron chi connectivity index (χ4n) is 1.58. The summed E-state index contributed by atoms with van der Waals surface area (Å²) in [7, 11) is 3.30. The Labute approximate surface area is 109 Å². The molecule has 4 nitrogen and oxygen atoms in total. The van der Waals surface area contributed by atoms with Gasteiger partial charge in [-0.2, -0.15) is 0 Å². The van der Waals surface area contributed by atoms with Gasteiger partial charge in [-0.3, -0.25) is 0 Å². The summed E-state index contributed by atoms with van der Waals surface area (Å²) in [6.07, 6.45) is 1.01. The van der Waals surface area contributed by atoms with Crippen molar-refractivity contribution in [2.45, 2.75) is 20.3 Å². The molecule has 0 amide bonds. The molecule has 0 spiro atoms. The number of rotatable bonds is 7. The van der Waals surface area contributed by atoms with Crippen LogP contribution in [-0.2, 0) is 0 Å². The highest BCUT2D eigenvalue weighted by molar-refractivity contribution is 5.59. The van der Waals surface area contributed by atoms with Crippen LogP contribution >= 0.6 is 0 Å². The zero-order chi connectivity index (χ0) is 13.6. The number of benzene rings is 1. The molecule has 0 radical (unpaired) electrons. The van der Waals surface area contributed by atoms with Crippen LogP contribution in [0.3, 0.4) is 0 Å². The van der Waals surface area contributed by atoms with E-state index in [4.69, 9.17) is 15.2 Å². The number of hydrogen-bond acceptors (Lipinski definition) is 4. The first-order valence-electron chi connectivity index (χ1n) is 6.18. The van der Waals surface area contributed by atoms with Crippen LogP contribution in [0.4, 0.5) is 5.69 Å². The first-order valence-corrected chi connectivity index (χ1v) is 6.18. The van der Waals surface area contributed by atoms with E-state index in [2.05, 4.69) is 19.2 Å². The van der Waals surface area contributed by atoms with Crippen molar-refractivity contribution in [2.24, 2.45) is 11.1 Å². The van der Waals surface area contributed by atoms with E-state index < -0.39 is 0 Å². The highest BCUT2D eigenvalue weighted by atomic mass is 16.5. The predicted molar refractivity (Wildman–Crippen MR) is 75.5 cm³/mol. The fraction of sp³-hybridized carbons (Fsp3) is 0.571. The zero-order valence-corrected chi connectivity index (χ0v) is 11.7. The monoisotopic (exact) mass is 252 g/mol. The first kappa shape index (κ1) is 14.6. The topological polar surface area (TPSA) is 56.5 Å². The third kappa shape index (κ3) is 4.11. The molecule has 0 fully saturated rings. The first-order chi connectivity index (χ1) is 8.52. The van der Waals surface area contributed by atoms with Crippen molar-refractivity contribution >= 4 is 5.69 Å². The Morgan fingerprint density at radius 3 is 2.50 bits per heavy atom. The van der Waals surface area contributed by atoms with Crippen molar-refractivity contribution in [3.8, 4) is 11.5 Å².